The van der Waals surface area contributed by atoms with Gasteiger partial charge in [-0.15, -0.1) is 0 Å². The van der Waals surface area contributed by atoms with Gasteiger partial charge in [-0.1, -0.05) is 0 Å². The summed E-state index contributed by atoms with van der Waals surface area (Å²) in [5.41, 5.74) is 1.31. The maximum Gasteiger partial charge on any atom is 0.305 e. The van der Waals surface area contributed by atoms with Crippen molar-refractivity contribution in [2.24, 2.45) is 0 Å². The van der Waals surface area contributed by atoms with Crippen LogP contribution in [0.1, 0.15) is 17.7 Å². The van der Waals surface area contributed by atoms with Crippen molar-refractivity contribution in [3.63, 3.8) is 0 Å². The Morgan fingerprint density at radius 3 is 2.62 bits per heavy atom. The van der Waals surface area contributed by atoms with Gasteiger partial charge in [0.05, 0.1) is 23.0 Å². The van der Waals surface area contributed by atoms with Crippen molar-refractivity contribution < 1.29 is 23.9 Å². The van der Waals surface area contributed by atoms with Gasteiger partial charge < -0.3 is 9.52 Å². The van der Waals surface area contributed by atoms with E-state index in [1.165, 1.54) is 6.08 Å². The summed E-state index contributed by atoms with van der Waals surface area (Å²) in [5, 5.41) is 17.0. The summed E-state index contributed by atoms with van der Waals surface area (Å²) in [6.07, 6.45) is 1.16. The third-order valence-corrected chi connectivity index (χ3v) is 4.53. The van der Waals surface area contributed by atoms with Crippen molar-refractivity contribution in [2.75, 3.05) is 6.54 Å². The summed E-state index contributed by atoms with van der Waals surface area (Å²) in [6.45, 7) is -0.161. The molecule has 1 fully saturated rings. The van der Waals surface area contributed by atoms with Crippen LogP contribution >= 0.6 is 11.8 Å². The van der Waals surface area contributed by atoms with Crippen LogP contribution in [-0.2, 0) is 9.59 Å². The fourth-order valence-corrected chi connectivity index (χ4v) is 3.17. The van der Waals surface area contributed by atoms with E-state index in [0.717, 1.165) is 22.2 Å². The minimum Gasteiger partial charge on any atom is -0.481 e. The molecule has 1 aromatic heterocycles. The lowest BCUT2D eigenvalue weighted by Crippen LogP contribution is -2.30. The van der Waals surface area contributed by atoms with Crippen molar-refractivity contribution in [3.05, 3.63) is 52.6 Å². The smallest absolute Gasteiger partial charge is 0.305 e. The van der Waals surface area contributed by atoms with Crippen LogP contribution in [0.2, 0.25) is 0 Å². The molecule has 1 aliphatic rings. The number of carbonyl (C=O) groups excluding carboxylic acids is 2. The number of carboxylic acid groups (broad SMARTS) is 1. The van der Waals surface area contributed by atoms with Crippen LogP contribution in [0.3, 0.4) is 0 Å². The Hall–Kier alpha value is -3.31. The number of furan rings is 1. The second-order valence-electron chi connectivity index (χ2n) is 5.37. The molecule has 1 aromatic carbocycles. The van der Waals surface area contributed by atoms with E-state index in [4.69, 9.17) is 14.8 Å². The molecule has 2 aromatic rings. The number of thioether (sulfide) groups is 1. The third-order valence-electron chi connectivity index (χ3n) is 3.62. The monoisotopic (exact) mass is 368 g/mol. The van der Waals surface area contributed by atoms with Gasteiger partial charge in [0.1, 0.15) is 11.5 Å². The Bertz CT molecular complexity index is 953. The number of carboxylic acids is 1. The predicted octanol–water partition coefficient (Wildman–Crippen LogP) is 3.33. The van der Waals surface area contributed by atoms with E-state index in [9.17, 15) is 14.4 Å². The van der Waals surface area contributed by atoms with Crippen molar-refractivity contribution in [2.45, 2.75) is 6.42 Å². The van der Waals surface area contributed by atoms with E-state index >= 15 is 0 Å². The molecule has 0 bridgehead atoms. The summed E-state index contributed by atoms with van der Waals surface area (Å²) < 4.78 is 5.67. The summed E-state index contributed by atoms with van der Waals surface area (Å²) in [5.74, 6) is -0.650. The average molecular weight is 368 g/mol. The number of benzene rings is 1. The molecule has 1 N–H and O–H groups in total. The number of rotatable bonds is 5. The second-order valence-corrected chi connectivity index (χ2v) is 6.36. The van der Waals surface area contributed by atoms with Gasteiger partial charge in [-0.25, -0.2) is 0 Å². The van der Waals surface area contributed by atoms with Crippen LogP contribution in [0.5, 0.6) is 0 Å². The van der Waals surface area contributed by atoms with E-state index in [1.54, 1.807) is 36.4 Å². The molecule has 0 saturated carbocycles. The Balaban J connectivity index is 1.77. The Morgan fingerprint density at radius 1 is 1.23 bits per heavy atom. The topological polar surface area (TPSA) is 112 Å². The van der Waals surface area contributed by atoms with Crippen LogP contribution in [0.4, 0.5) is 4.79 Å². The number of carbonyl (C=O) groups is 3. The van der Waals surface area contributed by atoms with Crippen LogP contribution in [-0.4, -0.2) is 33.7 Å². The van der Waals surface area contributed by atoms with Crippen molar-refractivity contribution in [1.82, 2.24) is 4.90 Å². The quantitative estimate of drug-likeness (QED) is 0.806. The van der Waals surface area contributed by atoms with Crippen molar-refractivity contribution >= 4 is 35.0 Å². The highest BCUT2D eigenvalue weighted by atomic mass is 32.2. The van der Waals surface area contributed by atoms with Crippen LogP contribution in [0.25, 0.3) is 17.4 Å². The first-order valence-electron chi connectivity index (χ1n) is 7.55. The standard InChI is InChI=1S/C18H12N2O5S/c19-10-11-1-3-12(4-2-11)14-6-5-13(25-14)9-15-17(23)20(18(24)26-15)8-7-16(21)22/h1-6,9H,7-8H2,(H,21,22)/b15-9-. The molecule has 0 radical (unpaired) electrons. The molecule has 3 rings (SSSR count). The molecule has 0 atom stereocenters. The minimum atomic E-state index is -1.08. The van der Waals surface area contributed by atoms with Gasteiger partial charge in [0, 0.05) is 18.2 Å². The SMILES string of the molecule is N#Cc1ccc(-c2ccc(/C=C3\SC(=O)N(CCC(=O)O)C3=O)o2)cc1. The van der Waals surface area contributed by atoms with Gasteiger partial charge in [-0.2, -0.15) is 5.26 Å². The maximum absolute atomic E-state index is 12.2. The van der Waals surface area contributed by atoms with Gasteiger partial charge in [-0.05, 0) is 48.2 Å². The first-order valence-corrected chi connectivity index (χ1v) is 8.37. The van der Waals surface area contributed by atoms with E-state index in [1.807, 2.05) is 6.07 Å². The number of aliphatic carboxylic acids is 1. The number of hydrogen-bond donors (Lipinski definition) is 1. The maximum atomic E-state index is 12.2. The molecule has 7 nitrogen and oxygen atoms in total. The number of hydrogen-bond acceptors (Lipinski definition) is 6. The largest absolute Gasteiger partial charge is 0.481 e. The summed E-state index contributed by atoms with van der Waals surface area (Å²) in [4.78, 5) is 35.8. The lowest BCUT2D eigenvalue weighted by molar-refractivity contribution is -0.137. The van der Waals surface area contributed by atoms with Gasteiger partial charge in [0.2, 0.25) is 0 Å². The summed E-state index contributed by atoms with van der Waals surface area (Å²) in [7, 11) is 0. The van der Waals surface area contributed by atoms with Gasteiger partial charge in [0.15, 0.2) is 0 Å². The lowest BCUT2D eigenvalue weighted by Gasteiger charge is -2.09. The third kappa shape index (κ3) is 3.68. The molecule has 8 heteroatoms. The zero-order chi connectivity index (χ0) is 18.7. The fraction of sp³-hybridized carbons (Fsp3) is 0.111. The van der Waals surface area contributed by atoms with Gasteiger partial charge in [-0.3, -0.25) is 19.3 Å². The number of nitriles is 1. The predicted molar refractivity (Wildman–Crippen MR) is 93.8 cm³/mol. The number of imide groups is 1. The zero-order valence-electron chi connectivity index (χ0n) is 13.3. The molecular weight excluding hydrogens is 356 g/mol. The van der Waals surface area contributed by atoms with E-state index in [0.29, 0.717) is 17.1 Å². The molecule has 26 heavy (non-hydrogen) atoms. The first-order chi connectivity index (χ1) is 12.5. The minimum absolute atomic E-state index is 0.161. The molecule has 1 aliphatic heterocycles. The van der Waals surface area contributed by atoms with Gasteiger partial charge >= 0.3 is 5.97 Å². The second kappa shape index (κ2) is 7.29. The molecule has 2 amide bonds. The van der Waals surface area contributed by atoms with Crippen LogP contribution in [0.15, 0.2) is 45.7 Å². The molecule has 0 spiro atoms. The fourth-order valence-electron chi connectivity index (χ4n) is 2.32. The Labute approximate surface area is 152 Å². The first kappa shape index (κ1) is 17.5. The Morgan fingerprint density at radius 2 is 1.96 bits per heavy atom. The zero-order valence-corrected chi connectivity index (χ0v) is 14.2. The molecule has 0 aliphatic carbocycles. The highest BCUT2D eigenvalue weighted by Crippen LogP contribution is 2.33. The van der Waals surface area contributed by atoms with Gasteiger partial charge in [0.25, 0.3) is 11.1 Å². The normalized spacial score (nSPS) is 15.5. The molecular formula is C18H12N2O5S. The van der Waals surface area contributed by atoms with Crippen LogP contribution < -0.4 is 0 Å². The molecule has 2 heterocycles. The van der Waals surface area contributed by atoms with E-state index in [-0.39, 0.29) is 17.9 Å². The lowest BCUT2D eigenvalue weighted by atomic mass is 10.1. The molecule has 130 valence electrons. The summed E-state index contributed by atoms with van der Waals surface area (Å²) >= 11 is 0.748. The summed E-state index contributed by atoms with van der Waals surface area (Å²) in [6, 6.07) is 12.3. The van der Waals surface area contributed by atoms with Crippen molar-refractivity contribution in [3.8, 4) is 17.4 Å². The number of amides is 2. The highest BCUT2D eigenvalue weighted by Gasteiger charge is 2.35. The molecule has 1 saturated heterocycles. The van der Waals surface area contributed by atoms with Crippen molar-refractivity contribution in [1.29, 1.82) is 5.26 Å². The van der Waals surface area contributed by atoms with Crippen LogP contribution in [0, 0.1) is 11.3 Å². The number of nitrogens with zero attached hydrogens (tertiary/aromatic N) is 2. The Kier molecular flexibility index (Phi) is 4.91. The molecule has 0 unspecified atom stereocenters. The average Bonchev–Trinajstić information content (AvgIpc) is 3.19. The van der Waals surface area contributed by atoms with E-state index in [2.05, 4.69) is 0 Å². The highest BCUT2D eigenvalue weighted by molar-refractivity contribution is 8.18. The van der Waals surface area contributed by atoms with E-state index < -0.39 is 17.1 Å².